The van der Waals surface area contributed by atoms with Gasteiger partial charge in [0.2, 0.25) is 0 Å². The lowest BCUT2D eigenvalue weighted by Gasteiger charge is -2.19. The highest BCUT2D eigenvalue weighted by molar-refractivity contribution is 6.31. The van der Waals surface area contributed by atoms with E-state index in [0.29, 0.717) is 24.7 Å². The maximum Gasteiger partial charge on any atom is 0.317 e. The van der Waals surface area contributed by atoms with Gasteiger partial charge in [0.15, 0.2) is 0 Å². The molecule has 1 aromatic rings. The second-order valence-electron chi connectivity index (χ2n) is 4.01. The first-order chi connectivity index (χ1) is 8.49. The number of aryl methyl sites for hydroxylation is 2. The molecule has 0 radical (unpaired) electrons. The average Bonchev–Trinajstić information content (AvgIpc) is 2.56. The van der Waals surface area contributed by atoms with Gasteiger partial charge < -0.3 is 5.11 Å². The Morgan fingerprint density at radius 3 is 2.83 bits per heavy atom. The molecule has 1 N–H and O–H groups in total. The van der Waals surface area contributed by atoms with Crippen molar-refractivity contribution < 1.29 is 9.90 Å². The van der Waals surface area contributed by atoms with E-state index in [1.54, 1.807) is 15.7 Å². The van der Waals surface area contributed by atoms with Gasteiger partial charge in [-0.1, -0.05) is 17.7 Å². The number of hydrogen-bond acceptors (Lipinski definition) is 3. The summed E-state index contributed by atoms with van der Waals surface area (Å²) >= 11 is 6.19. The monoisotopic (exact) mass is 271 g/mol. The standard InChI is InChI=1S/C12H18ClN3O2/c1-4-6-15(8-11(17)18)7-10-12(13)9(3)14-16(10)5-2/h4H,1,5-8H2,2-3H3,(H,17,18). The van der Waals surface area contributed by atoms with Gasteiger partial charge in [-0.25, -0.2) is 0 Å². The lowest BCUT2D eigenvalue weighted by Crippen LogP contribution is -2.30. The first-order valence-electron chi connectivity index (χ1n) is 5.76. The number of halogens is 1. The van der Waals surface area contributed by atoms with Crippen molar-refractivity contribution in [1.82, 2.24) is 14.7 Å². The predicted molar refractivity (Wildman–Crippen MR) is 70.8 cm³/mol. The summed E-state index contributed by atoms with van der Waals surface area (Å²) in [4.78, 5) is 12.5. The normalized spacial score (nSPS) is 10.9. The topological polar surface area (TPSA) is 58.4 Å². The van der Waals surface area contributed by atoms with Crippen LogP contribution in [0.15, 0.2) is 12.7 Å². The maximum atomic E-state index is 10.8. The third-order valence-electron chi connectivity index (χ3n) is 2.57. The minimum atomic E-state index is -0.868. The summed E-state index contributed by atoms with van der Waals surface area (Å²) in [7, 11) is 0. The van der Waals surface area contributed by atoms with Crippen molar-refractivity contribution in [2.24, 2.45) is 0 Å². The van der Waals surface area contributed by atoms with E-state index in [2.05, 4.69) is 11.7 Å². The molecule has 18 heavy (non-hydrogen) atoms. The molecule has 0 saturated heterocycles. The van der Waals surface area contributed by atoms with Crippen molar-refractivity contribution in [3.63, 3.8) is 0 Å². The van der Waals surface area contributed by atoms with Gasteiger partial charge >= 0.3 is 5.97 Å². The number of aliphatic carboxylic acids is 1. The first-order valence-corrected chi connectivity index (χ1v) is 6.14. The van der Waals surface area contributed by atoms with Crippen molar-refractivity contribution in [1.29, 1.82) is 0 Å². The Kier molecular flexibility index (Phi) is 5.37. The average molecular weight is 272 g/mol. The molecule has 0 fully saturated rings. The Hall–Kier alpha value is -1.33. The SMILES string of the molecule is C=CCN(CC(=O)O)Cc1c(Cl)c(C)nn1CC. The predicted octanol–water partition coefficient (Wildman–Crippen LogP) is 1.94. The minimum Gasteiger partial charge on any atom is -0.480 e. The number of carboxylic acid groups (broad SMARTS) is 1. The molecule has 1 rings (SSSR count). The number of rotatable bonds is 7. The molecule has 0 saturated carbocycles. The molecule has 6 heteroatoms. The molecule has 5 nitrogen and oxygen atoms in total. The van der Waals surface area contributed by atoms with Crippen LogP contribution in [0.25, 0.3) is 0 Å². The Bertz CT molecular complexity index is 443. The third-order valence-corrected chi connectivity index (χ3v) is 3.06. The van der Waals surface area contributed by atoms with Gasteiger partial charge in [-0.2, -0.15) is 5.10 Å². The van der Waals surface area contributed by atoms with Crippen molar-refractivity contribution in [2.45, 2.75) is 26.9 Å². The molecule has 0 spiro atoms. The number of hydrogen-bond donors (Lipinski definition) is 1. The van der Waals surface area contributed by atoms with E-state index in [-0.39, 0.29) is 6.54 Å². The van der Waals surface area contributed by atoms with Gasteiger partial charge in [0.1, 0.15) is 0 Å². The quantitative estimate of drug-likeness (QED) is 0.770. The van der Waals surface area contributed by atoms with Crippen molar-refractivity contribution in [3.05, 3.63) is 29.1 Å². The smallest absolute Gasteiger partial charge is 0.317 e. The fourth-order valence-corrected chi connectivity index (χ4v) is 1.99. The highest BCUT2D eigenvalue weighted by Gasteiger charge is 2.17. The van der Waals surface area contributed by atoms with Crippen LogP contribution in [0.5, 0.6) is 0 Å². The molecule has 100 valence electrons. The molecule has 0 aliphatic carbocycles. The molecule has 0 aromatic carbocycles. The van der Waals surface area contributed by atoms with Crippen LogP contribution >= 0.6 is 11.6 Å². The number of nitrogens with zero attached hydrogens (tertiary/aromatic N) is 3. The lowest BCUT2D eigenvalue weighted by molar-refractivity contribution is -0.138. The van der Waals surface area contributed by atoms with Crippen LogP contribution < -0.4 is 0 Å². The van der Waals surface area contributed by atoms with E-state index in [1.807, 2.05) is 13.8 Å². The summed E-state index contributed by atoms with van der Waals surface area (Å²) < 4.78 is 1.80. The van der Waals surface area contributed by atoms with Crippen molar-refractivity contribution in [2.75, 3.05) is 13.1 Å². The number of carboxylic acids is 1. The van der Waals surface area contributed by atoms with E-state index in [0.717, 1.165) is 11.4 Å². The molecule has 1 aromatic heterocycles. The summed E-state index contributed by atoms with van der Waals surface area (Å²) in [6.45, 7) is 9.05. The summed E-state index contributed by atoms with van der Waals surface area (Å²) in [5.74, 6) is -0.868. The van der Waals surface area contributed by atoms with Crippen LogP contribution in [0.1, 0.15) is 18.3 Å². The van der Waals surface area contributed by atoms with E-state index in [1.165, 1.54) is 0 Å². The molecule has 0 atom stereocenters. The molecular formula is C12H18ClN3O2. The first kappa shape index (κ1) is 14.7. The van der Waals surface area contributed by atoms with E-state index < -0.39 is 5.97 Å². The molecule has 0 aliphatic heterocycles. The number of aromatic nitrogens is 2. The molecular weight excluding hydrogens is 254 g/mol. The molecule has 0 amide bonds. The van der Waals surface area contributed by atoms with Crippen LogP contribution in [0.3, 0.4) is 0 Å². The molecule has 1 heterocycles. The summed E-state index contributed by atoms with van der Waals surface area (Å²) in [6.07, 6.45) is 1.68. The van der Waals surface area contributed by atoms with Gasteiger partial charge in [-0.3, -0.25) is 14.4 Å². The van der Waals surface area contributed by atoms with Gasteiger partial charge in [0, 0.05) is 19.6 Å². The van der Waals surface area contributed by atoms with Gasteiger partial charge in [0.25, 0.3) is 0 Å². The highest BCUT2D eigenvalue weighted by Crippen LogP contribution is 2.21. The zero-order valence-corrected chi connectivity index (χ0v) is 11.4. The largest absolute Gasteiger partial charge is 0.480 e. The summed E-state index contributed by atoms with van der Waals surface area (Å²) in [5, 5.41) is 13.8. The molecule has 0 aliphatic rings. The molecule has 0 unspecified atom stereocenters. The Morgan fingerprint density at radius 1 is 1.67 bits per heavy atom. The van der Waals surface area contributed by atoms with Crippen molar-refractivity contribution in [3.8, 4) is 0 Å². The Balaban J connectivity index is 2.91. The lowest BCUT2D eigenvalue weighted by atomic mass is 10.3. The second kappa shape index (κ2) is 6.56. The van der Waals surface area contributed by atoms with Crippen LogP contribution in [0.2, 0.25) is 5.02 Å². The van der Waals surface area contributed by atoms with Crippen LogP contribution in [-0.4, -0.2) is 38.8 Å². The minimum absolute atomic E-state index is 0.0453. The van der Waals surface area contributed by atoms with Gasteiger partial charge in [-0.15, -0.1) is 6.58 Å². The van der Waals surface area contributed by atoms with Crippen LogP contribution in [0.4, 0.5) is 0 Å². The molecule has 0 bridgehead atoms. The fraction of sp³-hybridized carbons (Fsp3) is 0.500. The highest BCUT2D eigenvalue weighted by atomic mass is 35.5. The van der Waals surface area contributed by atoms with E-state index >= 15 is 0 Å². The Labute approximate surface area is 112 Å². The zero-order chi connectivity index (χ0) is 13.7. The fourth-order valence-electron chi connectivity index (χ4n) is 1.79. The zero-order valence-electron chi connectivity index (χ0n) is 10.7. The summed E-state index contributed by atoms with van der Waals surface area (Å²) in [5.41, 5.74) is 1.61. The van der Waals surface area contributed by atoms with Crippen LogP contribution in [0, 0.1) is 6.92 Å². The summed E-state index contributed by atoms with van der Waals surface area (Å²) in [6, 6.07) is 0. The maximum absolute atomic E-state index is 10.8. The number of carbonyl (C=O) groups is 1. The third kappa shape index (κ3) is 3.58. The second-order valence-corrected chi connectivity index (χ2v) is 4.39. The van der Waals surface area contributed by atoms with Gasteiger partial charge in [-0.05, 0) is 13.8 Å². The van der Waals surface area contributed by atoms with Crippen molar-refractivity contribution >= 4 is 17.6 Å². The van der Waals surface area contributed by atoms with Gasteiger partial charge in [0.05, 0.1) is 23.0 Å². The Morgan fingerprint density at radius 2 is 2.33 bits per heavy atom. The van der Waals surface area contributed by atoms with E-state index in [4.69, 9.17) is 16.7 Å². The van der Waals surface area contributed by atoms with E-state index in [9.17, 15) is 4.79 Å². The van der Waals surface area contributed by atoms with Crippen LogP contribution in [-0.2, 0) is 17.9 Å².